The van der Waals surface area contributed by atoms with Crippen LogP contribution in [-0.4, -0.2) is 22.7 Å². The summed E-state index contributed by atoms with van der Waals surface area (Å²) in [5.74, 6) is -1.76. The Hall–Kier alpha value is -3.22. The molecule has 0 aliphatic carbocycles. The molecule has 1 aromatic heterocycles. The van der Waals surface area contributed by atoms with Crippen molar-refractivity contribution in [2.24, 2.45) is 0 Å². The predicted molar refractivity (Wildman–Crippen MR) is 89.5 cm³/mol. The van der Waals surface area contributed by atoms with Gasteiger partial charge in [0.2, 0.25) is 0 Å². The van der Waals surface area contributed by atoms with Crippen molar-refractivity contribution in [3.8, 4) is 17.0 Å². The highest BCUT2D eigenvalue weighted by molar-refractivity contribution is 6.03. The average molecular weight is 343 g/mol. The third-order valence-corrected chi connectivity index (χ3v) is 3.46. The quantitative estimate of drug-likeness (QED) is 0.736. The van der Waals surface area contributed by atoms with Gasteiger partial charge in [0.05, 0.1) is 12.3 Å². The van der Waals surface area contributed by atoms with Gasteiger partial charge in [0.15, 0.2) is 11.6 Å². The lowest BCUT2D eigenvalue weighted by molar-refractivity contribution is 0.102. The van der Waals surface area contributed by atoms with Gasteiger partial charge in [-0.3, -0.25) is 9.89 Å². The van der Waals surface area contributed by atoms with Crippen LogP contribution in [0.1, 0.15) is 17.4 Å². The Morgan fingerprint density at radius 3 is 2.56 bits per heavy atom. The number of H-pyrrole nitrogens is 1. The second-order valence-corrected chi connectivity index (χ2v) is 5.21. The second-order valence-electron chi connectivity index (χ2n) is 5.21. The van der Waals surface area contributed by atoms with Crippen LogP contribution in [0.2, 0.25) is 0 Å². The Labute approximate surface area is 142 Å². The van der Waals surface area contributed by atoms with E-state index in [4.69, 9.17) is 4.74 Å². The van der Waals surface area contributed by atoms with Crippen molar-refractivity contribution in [1.82, 2.24) is 10.2 Å². The molecule has 25 heavy (non-hydrogen) atoms. The summed E-state index contributed by atoms with van der Waals surface area (Å²) >= 11 is 0. The van der Waals surface area contributed by atoms with Gasteiger partial charge in [-0.05, 0) is 49.4 Å². The number of carbonyl (C=O) groups excluding carboxylic acids is 1. The zero-order valence-corrected chi connectivity index (χ0v) is 13.3. The lowest BCUT2D eigenvalue weighted by Gasteiger charge is -2.03. The number of aromatic nitrogens is 2. The number of hydrogen-bond acceptors (Lipinski definition) is 3. The smallest absolute Gasteiger partial charge is 0.273 e. The molecule has 1 heterocycles. The molecule has 0 unspecified atom stereocenters. The van der Waals surface area contributed by atoms with E-state index in [1.807, 2.05) is 31.2 Å². The first-order valence-electron chi connectivity index (χ1n) is 7.62. The highest BCUT2D eigenvalue weighted by Gasteiger charge is 2.12. The normalized spacial score (nSPS) is 10.5. The number of benzene rings is 2. The van der Waals surface area contributed by atoms with Crippen molar-refractivity contribution in [3.05, 3.63) is 65.9 Å². The molecule has 3 rings (SSSR count). The van der Waals surface area contributed by atoms with Gasteiger partial charge in [-0.1, -0.05) is 0 Å². The minimum atomic E-state index is -1.03. The Kier molecular flexibility index (Phi) is 4.74. The molecule has 0 aliphatic rings. The molecular weight excluding hydrogens is 328 g/mol. The maximum absolute atomic E-state index is 13.2. The molecule has 0 fully saturated rings. The number of ether oxygens (including phenoxy) is 1. The maximum Gasteiger partial charge on any atom is 0.273 e. The fourth-order valence-electron chi connectivity index (χ4n) is 2.25. The van der Waals surface area contributed by atoms with Crippen molar-refractivity contribution in [2.75, 3.05) is 11.9 Å². The number of hydrogen-bond donors (Lipinski definition) is 2. The van der Waals surface area contributed by atoms with Crippen LogP contribution in [0, 0.1) is 11.6 Å². The van der Waals surface area contributed by atoms with Gasteiger partial charge in [0.1, 0.15) is 11.4 Å². The van der Waals surface area contributed by atoms with E-state index in [0.717, 1.165) is 23.4 Å². The summed E-state index contributed by atoms with van der Waals surface area (Å²) in [4.78, 5) is 12.2. The van der Waals surface area contributed by atoms with E-state index in [1.54, 1.807) is 6.07 Å². The molecule has 0 bridgehead atoms. The topological polar surface area (TPSA) is 67.0 Å². The van der Waals surface area contributed by atoms with Crippen LogP contribution >= 0.6 is 0 Å². The molecule has 7 heteroatoms. The Morgan fingerprint density at radius 1 is 1.12 bits per heavy atom. The zero-order chi connectivity index (χ0) is 17.8. The average Bonchev–Trinajstić information content (AvgIpc) is 3.09. The molecule has 2 aromatic carbocycles. The van der Waals surface area contributed by atoms with Crippen molar-refractivity contribution in [1.29, 1.82) is 0 Å². The van der Waals surface area contributed by atoms with E-state index in [9.17, 15) is 13.6 Å². The SMILES string of the molecule is CCOc1ccc(-c2cc(C(=O)Nc3ccc(F)c(F)c3)[nH]n2)cc1. The number of carbonyl (C=O) groups is 1. The first kappa shape index (κ1) is 16.6. The van der Waals surface area contributed by atoms with E-state index in [1.165, 1.54) is 6.07 Å². The van der Waals surface area contributed by atoms with E-state index in [2.05, 4.69) is 15.5 Å². The lowest BCUT2D eigenvalue weighted by Crippen LogP contribution is -2.12. The molecule has 5 nitrogen and oxygen atoms in total. The van der Waals surface area contributed by atoms with Crippen molar-refractivity contribution in [3.63, 3.8) is 0 Å². The first-order chi connectivity index (χ1) is 12.1. The van der Waals surface area contributed by atoms with Gasteiger partial charge in [-0.2, -0.15) is 5.10 Å². The number of nitrogens with zero attached hydrogens (tertiary/aromatic N) is 1. The third-order valence-electron chi connectivity index (χ3n) is 3.46. The van der Waals surface area contributed by atoms with Crippen LogP contribution in [0.25, 0.3) is 11.3 Å². The van der Waals surface area contributed by atoms with Gasteiger partial charge >= 0.3 is 0 Å². The minimum Gasteiger partial charge on any atom is -0.494 e. The third kappa shape index (κ3) is 3.82. The second kappa shape index (κ2) is 7.12. The van der Waals surface area contributed by atoms with Crippen LogP contribution in [0.15, 0.2) is 48.5 Å². The van der Waals surface area contributed by atoms with Crippen LogP contribution in [0.5, 0.6) is 5.75 Å². The summed E-state index contributed by atoms with van der Waals surface area (Å²) in [6, 6.07) is 12.0. The van der Waals surface area contributed by atoms with Crippen molar-refractivity contribution in [2.45, 2.75) is 6.92 Å². The molecule has 1 amide bonds. The van der Waals surface area contributed by atoms with E-state index in [-0.39, 0.29) is 11.4 Å². The first-order valence-corrected chi connectivity index (χ1v) is 7.62. The van der Waals surface area contributed by atoms with Gasteiger partial charge in [-0.15, -0.1) is 0 Å². The number of nitrogens with one attached hydrogen (secondary N) is 2. The maximum atomic E-state index is 13.2. The van der Waals surface area contributed by atoms with E-state index < -0.39 is 17.5 Å². The van der Waals surface area contributed by atoms with Crippen LogP contribution in [-0.2, 0) is 0 Å². The molecule has 0 radical (unpaired) electrons. The standard InChI is InChI=1S/C18H15F2N3O2/c1-2-25-13-6-3-11(4-7-13)16-10-17(23-22-16)18(24)21-12-5-8-14(19)15(20)9-12/h3-10H,2H2,1H3,(H,21,24)(H,22,23). The monoisotopic (exact) mass is 343 g/mol. The molecule has 0 saturated heterocycles. The Balaban J connectivity index is 1.73. The van der Waals surface area contributed by atoms with Gasteiger partial charge in [0.25, 0.3) is 5.91 Å². The summed E-state index contributed by atoms with van der Waals surface area (Å²) in [6.45, 7) is 2.48. The predicted octanol–water partition coefficient (Wildman–Crippen LogP) is 4.01. The van der Waals surface area contributed by atoms with Gasteiger partial charge in [-0.25, -0.2) is 8.78 Å². The number of amides is 1. The number of anilines is 1. The van der Waals surface area contributed by atoms with Crippen molar-refractivity contribution >= 4 is 11.6 Å². The largest absolute Gasteiger partial charge is 0.494 e. The number of rotatable bonds is 5. The Bertz CT molecular complexity index is 892. The summed E-state index contributed by atoms with van der Waals surface area (Å²) in [6.07, 6.45) is 0. The van der Waals surface area contributed by atoms with Crippen molar-refractivity contribution < 1.29 is 18.3 Å². The Morgan fingerprint density at radius 2 is 1.88 bits per heavy atom. The number of halogens is 2. The molecule has 128 valence electrons. The van der Waals surface area contributed by atoms with Crippen LogP contribution in [0.3, 0.4) is 0 Å². The molecular formula is C18H15F2N3O2. The van der Waals surface area contributed by atoms with Gasteiger partial charge < -0.3 is 10.1 Å². The number of aromatic amines is 1. The lowest BCUT2D eigenvalue weighted by atomic mass is 10.1. The fourth-order valence-corrected chi connectivity index (χ4v) is 2.25. The summed E-state index contributed by atoms with van der Waals surface area (Å²) in [5.41, 5.74) is 1.75. The van der Waals surface area contributed by atoms with E-state index >= 15 is 0 Å². The highest BCUT2D eigenvalue weighted by atomic mass is 19.2. The van der Waals surface area contributed by atoms with Gasteiger partial charge in [0, 0.05) is 17.3 Å². The van der Waals surface area contributed by atoms with E-state index in [0.29, 0.717) is 12.3 Å². The summed E-state index contributed by atoms with van der Waals surface area (Å²) < 4.78 is 31.5. The summed E-state index contributed by atoms with van der Waals surface area (Å²) in [5, 5.41) is 9.20. The van der Waals surface area contributed by atoms with Crippen LogP contribution < -0.4 is 10.1 Å². The molecule has 0 spiro atoms. The van der Waals surface area contributed by atoms with Crippen LogP contribution in [0.4, 0.5) is 14.5 Å². The minimum absolute atomic E-state index is 0.154. The summed E-state index contributed by atoms with van der Waals surface area (Å²) in [7, 11) is 0. The molecule has 0 aliphatic heterocycles. The zero-order valence-electron chi connectivity index (χ0n) is 13.3. The highest BCUT2D eigenvalue weighted by Crippen LogP contribution is 2.22. The molecule has 3 aromatic rings. The fraction of sp³-hybridized carbons (Fsp3) is 0.111. The molecule has 2 N–H and O–H groups in total. The molecule has 0 saturated carbocycles. The molecule has 0 atom stereocenters.